The molecule has 2 aromatic heterocycles. The minimum atomic E-state index is -0.121. The van der Waals surface area contributed by atoms with E-state index in [9.17, 15) is 4.79 Å². The van der Waals surface area contributed by atoms with Crippen molar-refractivity contribution in [1.82, 2.24) is 10.2 Å². The average molecular weight is 389 g/mol. The zero-order valence-corrected chi connectivity index (χ0v) is 16.0. The van der Waals surface area contributed by atoms with Gasteiger partial charge in [0.2, 0.25) is 0 Å². The molecule has 1 saturated heterocycles. The van der Waals surface area contributed by atoms with Crippen LogP contribution in [0.1, 0.15) is 40.7 Å². The molecule has 0 saturated carbocycles. The van der Waals surface area contributed by atoms with E-state index in [1.807, 2.05) is 36.4 Å². The first kappa shape index (κ1) is 17.6. The van der Waals surface area contributed by atoms with Gasteiger partial charge in [-0.3, -0.25) is 9.69 Å². The van der Waals surface area contributed by atoms with Gasteiger partial charge in [0.1, 0.15) is 10.6 Å². The molecule has 3 heterocycles. The Hall–Kier alpha value is -1.82. The van der Waals surface area contributed by atoms with Gasteiger partial charge in [-0.15, -0.1) is 11.3 Å². The minimum Gasteiger partial charge on any atom is -0.468 e. The van der Waals surface area contributed by atoms with Crippen LogP contribution in [-0.4, -0.2) is 30.4 Å². The number of furan rings is 1. The van der Waals surface area contributed by atoms with Gasteiger partial charge < -0.3 is 9.73 Å². The Labute approximate surface area is 161 Å². The summed E-state index contributed by atoms with van der Waals surface area (Å²) >= 11 is 7.87. The summed E-state index contributed by atoms with van der Waals surface area (Å²) < 4.78 is 6.67. The molecule has 0 bridgehead atoms. The lowest BCUT2D eigenvalue weighted by atomic mass is 10.1. The number of nitrogens with zero attached hydrogens (tertiary/aromatic N) is 1. The normalized spacial score (nSPS) is 16.7. The van der Waals surface area contributed by atoms with Crippen LogP contribution in [-0.2, 0) is 0 Å². The highest BCUT2D eigenvalue weighted by atomic mass is 35.5. The molecule has 0 radical (unpaired) electrons. The van der Waals surface area contributed by atoms with Crippen molar-refractivity contribution in [3.63, 3.8) is 0 Å². The molecular weight excluding hydrogens is 368 g/mol. The van der Waals surface area contributed by atoms with E-state index >= 15 is 0 Å². The van der Waals surface area contributed by atoms with Crippen molar-refractivity contribution in [1.29, 1.82) is 0 Å². The Kier molecular flexibility index (Phi) is 5.29. The van der Waals surface area contributed by atoms with Gasteiger partial charge in [0.05, 0.1) is 17.3 Å². The molecule has 1 fully saturated rings. The van der Waals surface area contributed by atoms with Crippen LogP contribution in [0.15, 0.2) is 47.1 Å². The van der Waals surface area contributed by atoms with E-state index in [-0.39, 0.29) is 11.9 Å². The summed E-state index contributed by atoms with van der Waals surface area (Å²) in [4.78, 5) is 15.7. The summed E-state index contributed by atoms with van der Waals surface area (Å²) in [5, 5.41) is 4.54. The first-order valence-corrected chi connectivity index (χ1v) is 10.2. The molecule has 1 atom stereocenters. The highest BCUT2D eigenvalue weighted by Gasteiger charge is 2.26. The second-order valence-electron chi connectivity index (χ2n) is 6.58. The fourth-order valence-electron chi connectivity index (χ4n) is 3.55. The Morgan fingerprint density at radius 2 is 2.00 bits per heavy atom. The molecule has 1 aromatic carbocycles. The van der Waals surface area contributed by atoms with E-state index in [4.69, 9.17) is 16.0 Å². The second kappa shape index (κ2) is 7.82. The van der Waals surface area contributed by atoms with Gasteiger partial charge >= 0.3 is 0 Å². The molecule has 4 nitrogen and oxygen atoms in total. The fraction of sp³-hybridized carbons (Fsp3) is 0.350. The van der Waals surface area contributed by atoms with E-state index < -0.39 is 0 Å². The minimum absolute atomic E-state index is 0.0578. The first-order chi connectivity index (χ1) is 12.7. The molecule has 0 aliphatic carbocycles. The summed E-state index contributed by atoms with van der Waals surface area (Å²) in [6.07, 6.45) is 5.34. The smallest absolute Gasteiger partial charge is 0.263 e. The van der Waals surface area contributed by atoms with Crippen molar-refractivity contribution in [2.45, 2.75) is 25.3 Å². The third-order valence-electron chi connectivity index (χ3n) is 4.90. The average Bonchev–Trinajstić information content (AvgIpc) is 3.32. The SMILES string of the molecule is O=C(NC[C@@H](c1ccco1)N1CCCCC1)c1sc2ccccc2c1Cl. The monoisotopic (exact) mass is 388 g/mol. The number of halogens is 1. The molecule has 1 aliphatic heterocycles. The van der Waals surface area contributed by atoms with Gasteiger partial charge in [0.15, 0.2) is 0 Å². The van der Waals surface area contributed by atoms with E-state index in [1.165, 1.54) is 30.6 Å². The zero-order valence-electron chi connectivity index (χ0n) is 14.4. The number of thiophene rings is 1. The molecular formula is C20H21ClN2O2S. The topological polar surface area (TPSA) is 45.5 Å². The predicted octanol–water partition coefficient (Wildman–Crippen LogP) is 5.10. The lowest BCUT2D eigenvalue weighted by Gasteiger charge is -2.33. The van der Waals surface area contributed by atoms with Gasteiger partial charge in [-0.2, -0.15) is 0 Å². The number of likely N-dealkylation sites (tertiary alicyclic amines) is 1. The first-order valence-electron chi connectivity index (χ1n) is 8.97. The van der Waals surface area contributed by atoms with Crippen molar-refractivity contribution < 1.29 is 9.21 Å². The standard InChI is InChI=1S/C20H21ClN2O2S/c21-18-14-7-2-3-9-17(14)26-19(18)20(24)22-13-15(16-8-6-12-25-16)23-10-4-1-5-11-23/h2-3,6-9,12,15H,1,4-5,10-11,13H2,(H,22,24)/t15-/m0/s1. The number of benzene rings is 1. The Bertz CT molecular complexity index is 884. The van der Waals surface area contributed by atoms with Crippen LogP contribution in [0, 0.1) is 0 Å². The maximum absolute atomic E-state index is 12.8. The molecule has 4 rings (SSSR count). The highest BCUT2D eigenvalue weighted by molar-refractivity contribution is 7.21. The Morgan fingerprint density at radius 3 is 2.73 bits per heavy atom. The van der Waals surface area contributed by atoms with Crippen LogP contribution in [0.3, 0.4) is 0 Å². The van der Waals surface area contributed by atoms with Crippen molar-refractivity contribution in [3.8, 4) is 0 Å². The highest BCUT2D eigenvalue weighted by Crippen LogP contribution is 2.35. The van der Waals surface area contributed by atoms with Crippen molar-refractivity contribution in [3.05, 3.63) is 58.3 Å². The number of amides is 1. The van der Waals surface area contributed by atoms with Gasteiger partial charge in [0.25, 0.3) is 5.91 Å². The summed E-state index contributed by atoms with van der Waals surface area (Å²) in [7, 11) is 0. The van der Waals surface area contributed by atoms with E-state index in [0.29, 0.717) is 16.4 Å². The zero-order chi connectivity index (χ0) is 17.9. The Balaban J connectivity index is 1.51. The summed E-state index contributed by atoms with van der Waals surface area (Å²) in [5.41, 5.74) is 0. The van der Waals surface area contributed by atoms with Crippen LogP contribution in [0.4, 0.5) is 0 Å². The molecule has 3 aromatic rings. The number of rotatable bonds is 5. The lowest BCUT2D eigenvalue weighted by Crippen LogP contribution is -2.40. The summed E-state index contributed by atoms with van der Waals surface area (Å²) in [6.45, 7) is 2.58. The second-order valence-corrected chi connectivity index (χ2v) is 8.01. The van der Waals surface area contributed by atoms with Gasteiger partial charge in [-0.05, 0) is 44.1 Å². The van der Waals surface area contributed by atoms with Crippen LogP contribution in [0.2, 0.25) is 5.02 Å². The van der Waals surface area contributed by atoms with Crippen molar-refractivity contribution >= 4 is 38.9 Å². The van der Waals surface area contributed by atoms with Crippen LogP contribution >= 0.6 is 22.9 Å². The van der Waals surface area contributed by atoms with Gasteiger partial charge in [-0.1, -0.05) is 36.2 Å². The molecule has 6 heteroatoms. The third-order valence-corrected chi connectivity index (χ3v) is 6.57. The van der Waals surface area contributed by atoms with Crippen molar-refractivity contribution in [2.75, 3.05) is 19.6 Å². The number of hydrogen-bond acceptors (Lipinski definition) is 4. The quantitative estimate of drug-likeness (QED) is 0.661. The maximum atomic E-state index is 12.8. The number of nitrogens with one attached hydrogen (secondary N) is 1. The lowest BCUT2D eigenvalue weighted by molar-refractivity contribution is 0.0918. The van der Waals surface area contributed by atoms with Crippen LogP contribution < -0.4 is 5.32 Å². The molecule has 1 N–H and O–H groups in total. The number of fused-ring (bicyclic) bond motifs is 1. The molecule has 1 amide bonds. The van der Waals surface area contributed by atoms with Crippen LogP contribution in [0.25, 0.3) is 10.1 Å². The summed E-state index contributed by atoms with van der Waals surface area (Å²) in [5.74, 6) is 0.777. The number of carbonyl (C=O) groups is 1. The fourth-order valence-corrected chi connectivity index (χ4v) is 4.98. The van der Waals surface area contributed by atoms with E-state index in [2.05, 4.69) is 10.2 Å². The van der Waals surface area contributed by atoms with Crippen LogP contribution in [0.5, 0.6) is 0 Å². The molecule has 26 heavy (non-hydrogen) atoms. The Morgan fingerprint density at radius 1 is 1.19 bits per heavy atom. The predicted molar refractivity (Wildman–Crippen MR) is 106 cm³/mol. The number of piperidine rings is 1. The molecule has 0 unspecified atom stereocenters. The summed E-state index contributed by atoms with van der Waals surface area (Å²) in [6, 6.07) is 11.8. The van der Waals surface area contributed by atoms with Gasteiger partial charge in [-0.25, -0.2) is 0 Å². The molecule has 1 aliphatic rings. The van der Waals surface area contributed by atoms with E-state index in [1.54, 1.807) is 6.26 Å². The number of carbonyl (C=O) groups excluding carboxylic acids is 1. The molecule has 136 valence electrons. The van der Waals surface area contributed by atoms with Gasteiger partial charge in [0, 0.05) is 16.6 Å². The van der Waals surface area contributed by atoms with E-state index in [0.717, 1.165) is 28.9 Å². The maximum Gasteiger partial charge on any atom is 0.263 e. The molecule has 0 spiro atoms. The third kappa shape index (κ3) is 3.52. The largest absolute Gasteiger partial charge is 0.468 e. The van der Waals surface area contributed by atoms with Crippen molar-refractivity contribution in [2.24, 2.45) is 0 Å². The number of hydrogen-bond donors (Lipinski definition) is 1.